The van der Waals surface area contributed by atoms with Crippen molar-refractivity contribution in [2.24, 2.45) is 11.1 Å². The molecule has 1 aromatic rings. The van der Waals surface area contributed by atoms with Crippen molar-refractivity contribution in [1.82, 2.24) is 0 Å². The fourth-order valence-corrected chi connectivity index (χ4v) is 3.04. The number of anilines is 2. The van der Waals surface area contributed by atoms with E-state index >= 15 is 0 Å². The van der Waals surface area contributed by atoms with Gasteiger partial charge < -0.3 is 15.4 Å². The van der Waals surface area contributed by atoms with Crippen molar-refractivity contribution in [3.63, 3.8) is 0 Å². The molecule has 1 fully saturated rings. The molecule has 1 atom stereocenters. The second-order valence-corrected chi connectivity index (χ2v) is 6.79. The van der Waals surface area contributed by atoms with E-state index in [0.29, 0.717) is 11.6 Å². The van der Waals surface area contributed by atoms with Gasteiger partial charge >= 0.3 is 0 Å². The maximum atomic E-state index is 11.3. The van der Waals surface area contributed by atoms with Crippen LogP contribution in [-0.4, -0.2) is 35.2 Å². The average molecular weight is 299 g/mol. The van der Waals surface area contributed by atoms with E-state index in [9.17, 15) is 8.42 Å². The van der Waals surface area contributed by atoms with Crippen LogP contribution in [0.3, 0.4) is 0 Å². The summed E-state index contributed by atoms with van der Waals surface area (Å²) in [5, 5.41) is 5.09. The molecule has 4 N–H and O–H groups in total. The zero-order chi connectivity index (χ0) is 14.8. The molecular formula is C13H21N3O3S. The van der Waals surface area contributed by atoms with Gasteiger partial charge in [-0.05, 0) is 37.0 Å². The molecule has 0 aromatic heterocycles. The van der Waals surface area contributed by atoms with Crippen LogP contribution in [0.5, 0.6) is 0 Å². The van der Waals surface area contributed by atoms with Gasteiger partial charge in [0, 0.05) is 20.2 Å². The molecule has 2 rings (SSSR count). The Hall–Kier alpha value is -1.31. The number of ether oxygens (including phenoxy) is 1. The molecule has 1 aliphatic rings. The lowest BCUT2D eigenvalue weighted by molar-refractivity contribution is 0.0576. The van der Waals surface area contributed by atoms with Crippen LogP contribution in [0.15, 0.2) is 23.1 Å². The van der Waals surface area contributed by atoms with Gasteiger partial charge in [-0.1, -0.05) is 0 Å². The fourth-order valence-electron chi connectivity index (χ4n) is 2.49. The molecule has 6 nitrogen and oxygen atoms in total. The van der Waals surface area contributed by atoms with Gasteiger partial charge in [-0.15, -0.1) is 0 Å². The summed E-state index contributed by atoms with van der Waals surface area (Å²) in [6.07, 6.45) is 2.22. The Morgan fingerprint density at radius 2 is 2.20 bits per heavy atom. The van der Waals surface area contributed by atoms with Crippen molar-refractivity contribution in [3.05, 3.63) is 18.2 Å². The minimum atomic E-state index is -3.71. The van der Waals surface area contributed by atoms with Gasteiger partial charge in [0.05, 0.1) is 22.9 Å². The standard InChI is InChI=1S/C13H21N3O3S/c1-16(8-10-3-2-6-19-9-10)13-5-4-11(7-12(13)14)20(15,17)18/h4-5,7,10H,2-3,6,8-9,14H2,1H3,(H2,15,17,18). The Morgan fingerprint density at radius 3 is 2.75 bits per heavy atom. The van der Waals surface area contributed by atoms with Crippen molar-refractivity contribution in [3.8, 4) is 0 Å². The first kappa shape index (κ1) is 15.1. The minimum absolute atomic E-state index is 0.0353. The predicted octanol–water partition coefficient (Wildman–Crippen LogP) is 0.779. The first-order chi connectivity index (χ1) is 9.38. The summed E-state index contributed by atoms with van der Waals surface area (Å²) in [5.74, 6) is 0.478. The molecule has 1 saturated heterocycles. The van der Waals surface area contributed by atoms with Gasteiger partial charge in [0.1, 0.15) is 0 Å². The fraction of sp³-hybridized carbons (Fsp3) is 0.538. The molecular weight excluding hydrogens is 278 g/mol. The summed E-state index contributed by atoms with van der Waals surface area (Å²) in [6.45, 7) is 2.43. The molecule has 0 spiro atoms. The number of sulfonamides is 1. The minimum Gasteiger partial charge on any atom is -0.397 e. The highest BCUT2D eigenvalue weighted by Gasteiger charge is 2.18. The van der Waals surface area contributed by atoms with Crippen LogP contribution in [0, 0.1) is 5.92 Å². The molecule has 1 heterocycles. The first-order valence-corrected chi connectivity index (χ1v) is 8.14. The van der Waals surface area contributed by atoms with Crippen LogP contribution < -0.4 is 15.8 Å². The van der Waals surface area contributed by atoms with Gasteiger partial charge in [-0.25, -0.2) is 13.6 Å². The van der Waals surface area contributed by atoms with Crippen molar-refractivity contribution in [2.45, 2.75) is 17.7 Å². The van der Waals surface area contributed by atoms with Crippen LogP contribution >= 0.6 is 0 Å². The third-order valence-electron chi connectivity index (χ3n) is 3.53. The lowest BCUT2D eigenvalue weighted by Crippen LogP contribution is -2.31. The largest absolute Gasteiger partial charge is 0.397 e. The van der Waals surface area contributed by atoms with Gasteiger partial charge in [-0.3, -0.25) is 0 Å². The molecule has 1 unspecified atom stereocenters. The second-order valence-electron chi connectivity index (χ2n) is 5.23. The van der Waals surface area contributed by atoms with E-state index < -0.39 is 10.0 Å². The van der Waals surface area contributed by atoms with E-state index in [1.165, 1.54) is 12.1 Å². The molecule has 7 heteroatoms. The lowest BCUT2D eigenvalue weighted by Gasteiger charge is -2.29. The second kappa shape index (κ2) is 5.99. The van der Waals surface area contributed by atoms with Gasteiger partial charge in [0.15, 0.2) is 0 Å². The maximum Gasteiger partial charge on any atom is 0.238 e. The Balaban J connectivity index is 2.11. The van der Waals surface area contributed by atoms with Crippen molar-refractivity contribution >= 4 is 21.4 Å². The number of benzene rings is 1. The molecule has 112 valence electrons. The molecule has 20 heavy (non-hydrogen) atoms. The maximum absolute atomic E-state index is 11.3. The van der Waals surface area contributed by atoms with Crippen LogP contribution in [0.25, 0.3) is 0 Å². The normalized spacial score (nSPS) is 19.8. The number of hydrogen-bond acceptors (Lipinski definition) is 5. The van der Waals surface area contributed by atoms with Crippen molar-refractivity contribution in [1.29, 1.82) is 0 Å². The van der Waals surface area contributed by atoms with E-state index in [1.807, 2.05) is 11.9 Å². The number of nitrogens with zero attached hydrogens (tertiary/aromatic N) is 1. The van der Waals surface area contributed by atoms with E-state index in [1.54, 1.807) is 6.07 Å². The summed E-state index contributed by atoms with van der Waals surface area (Å²) >= 11 is 0. The lowest BCUT2D eigenvalue weighted by atomic mass is 10.0. The van der Waals surface area contributed by atoms with E-state index in [0.717, 1.165) is 38.3 Å². The third-order valence-corrected chi connectivity index (χ3v) is 4.44. The average Bonchev–Trinajstić information content (AvgIpc) is 2.38. The Bertz CT molecular complexity index is 568. The highest BCUT2D eigenvalue weighted by Crippen LogP contribution is 2.26. The summed E-state index contributed by atoms with van der Waals surface area (Å²) in [4.78, 5) is 2.06. The summed E-state index contributed by atoms with van der Waals surface area (Å²) in [6, 6.07) is 4.58. The van der Waals surface area contributed by atoms with E-state index in [-0.39, 0.29) is 4.90 Å². The highest BCUT2D eigenvalue weighted by atomic mass is 32.2. The topological polar surface area (TPSA) is 98.6 Å². The number of hydrogen-bond donors (Lipinski definition) is 2. The molecule has 0 aliphatic carbocycles. The highest BCUT2D eigenvalue weighted by molar-refractivity contribution is 7.89. The number of rotatable bonds is 4. The summed E-state index contributed by atoms with van der Waals surface area (Å²) in [7, 11) is -1.77. The molecule has 0 radical (unpaired) electrons. The quantitative estimate of drug-likeness (QED) is 0.800. The molecule has 0 amide bonds. The predicted molar refractivity (Wildman–Crippen MR) is 79.0 cm³/mol. The van der Waals surface area contributed by atoms with Crippen LogP contribution in [0.4, 0.5) is 11.4 Å². The summed E-state index contributed by atoms with van der Waals surface area (Å²) < 4.78 is 28.0. The smallest absolute Gasteiger partial charge is 0.238 e. The number of primary sulfonamides is 1. The van der Waals surface area contributed by atoms with Crippen LogP contribution in [0.1, 0.15) is 12.8 Å². The van der Waals surface area contributed by atoms with Crippen LogP contribution in [-0.2, 0) is 14.8 Å². The Labute approximate surface area is 119 Å². The van der Waals surface area contributed by atoms with E-state index in [2.05, 4.69) is 0 Å². The molecule has 0 bridgehead atoms. The van der Waals surface area contributed by atoms with Gasteiger partial charge in [0.2, 0.25) is 10.0 Å². The van der Waals surface area contributed by atoms with Gasteiger partial charge in [0.25, 0.3) is 0 Å². The Morgan fingerprint density at radius 1 is 1.45 bits per heavy atom. The molecule has 0 saturated carbocycles. The first-order valence-electron chi connectivity index (χ1n) is 6.59. The van der Waals surface area contributed by atoms with Crippen molar-refractivity contribution < 1.29 is 13.2 Å². The number of nitrogen functional groups attached to an aromatic ring is 1. The Kier molecular flexibility index (Phi) is 4.52. The number of nitrogens with two attached hydrogens (primary N) is 2. The third kappa shape index (κ3) is 3.62. The van der Waals surface area contributed by atoms with Crippen molar-refractivity contribution in [2.75, 3.05) is 37.4 Å². The zero-order valence-corrected chi connectivity index (χ0v) is 12.4. The zero-order valence-electron chi connectivity index (χ0n) is 11.6. The molecule has 1 aliphatic heterocycles. The monoisotopic (exact) mass is 299 g/mol. The van der Waals surface area contributed by atoms with Crippen LogP contribution in [0.2, 0.25) is 0 Å². The summed E-state index contributed by atoms with van der Waals surface area (Å²) in [5.41, 5.74) is 7.15. The SMILES string of the molecule is CN(CC1CCCOC1)c1ccc(S(N)(=O)=O)cc1N. The van der Waals surface area contributed by atoms with Gasteiger partial charge in [-0.2, -0.15) is 0 Å². The molecule has 1 aromatic carbocycles. The van der Waals surface area contributed by atoms with E-state index in [4.69, 9.17) is 15.6 Å².